The Morgan fingerprint density at radius 2 is 2.45 bits per heavy atom. The Balaban J connectivity index is 2.35. The van der Waals surface area contributed by atoms with Crippen LogP contribution < -0.4 is 0 Å². The Morgan fingerprint density at radius 3 is 3.00 bits per heavy atom. The highest BCUT2D eigenvalue weighted by Gasteiger charge is 2.20. The lowest BCUT2D eigenvalue weighted by Crippen LogP contribution is -2.43. The van der Waals surface area contributed by atoms with Crippen LogP contribution in [-0.4, -0.2) is 43.5 Å². The largest absolute Gasteiger partial charge is 0.378 e. The van der Waals surface area contributed by atoms with Crippen LogP contribution >= 0.6 is 0 Å². The molecule has 3 heteroatoms. The number of nitrogens with zero attached hydrogens (tertiary/aromatic N) is 1. The van der Waals surface area contributed by atoms with Crippen molar-refractivity contribution in [3.63, 3.8) is 0 Å². The van der Waals surface area contributed by atoms with Crippen molar-refractivity contribution in [3.05, 3.63) is 0 Å². The summed E-state index contributed by atoms with van der Waals surface area (Å²) in [4.78, 5) is 13.0. The Hall–Kier alpha value is -0.410. The van der Waals surface area contributed by atoms with E-state index in [4.69, 9.17) is 4.74 Å². The van der Waals surface area contributed by atoms with Gasteiger partial charge in [0.1, 0.15) is 5.78 Å². The molecule has 0 spiro atoms. The van der Waals surface area contributed by atoms with Gasteiger partial charge in [0.2, 0.25) is 0 Å². The molecule has 1 aliphatic heterocycles. The first-order valence-corrected chi connectivity index (χ1v) is 3.97. The standard InChI is InChI=1S/C8H15NO2/c1-7(10)5-8-6-11-4-3-9(8)2/h8H,3-6H2,1-2H3. The lowest BCUT2D eigenvalue weighted by molar-refractivity contribution is -0.119. The zero-order valence-corrected chi connectivity index (χ0v) is 7.17. The van der Waals surface area contributed by atoms with E-state index < -0.39 is 0 Å². The van der Waals surface area contributed by atoms with Crippen molar-refractivity contribution in [1.82, 2.24) is 4.90 Å². The molecule has 0 aromatic carbocycles. The zero-order valence-electron chi connectivity index (χ0n) is 7.17. The maximum Gasteiger partial charge on any atom is 0.131 e. The van der Waals surface area contributed by atoms with E-state index in [0.717, 1.165) is 13.2 Å². The second kappa shape index (κ2) is 3.83. The molecule has 1 heterocycles. The van der Waals surface area contributed by atoms with Gasteiger partial charge in [-0.05, 0) is 14.0 Å². The third kappa shape index (κ3) is 2.60. The van der Waals surface area contributed by atoms with Gasteiger partial charge in [0.25, 0.3) is 0 Å². The predicted molar refractivity (Wildman–Crippen MR) is 42.5 cm³/mol. The number of rotatable bonds is 2. The Morgan fingerprint density at radius 1 is 1.73 bits per heavy atom. The maximum absolute atomic E-state index is 10.8. The number of morpholine rings is 1. The van der Waals surface area contributed by atoms with Crippen molar-refractivity contribution in [2.24, 2.45) is 0 Å². The van der Waals surface area contributed by atoms with Gasteiger partial charge in [-0.25, -0.2) is 0 Å². The minimum atomic E-state index is 0.243. The van der Waals surface area contributed by atoms with Crippen molar-refractivity contribution in [1.29, 1.82) is 0 Å². The summed E-state index contributed by atoms with van der Waals surface area (Å²) in [7, 11) is 2.04. The van der Waals surface area contributed by atoms with Crippen LogP contribution in [-0.2, 0) is 9.53 Å². The highest BCUT2D eigenvalue weighted by molar-refractivity contribution is 5.76. The molecule has 0 amide bonds. The van der Waals surface area contributed by atoms with Crippen LogP contribution in [0, 0.1) is 0 Å². The fourth-order valence-corrected chi connectivity index (χ4v) is 1.28. The molecule has 0 N–H and O–H groups in total. The van der Waals surface area contributed by atoms with Crippen LogP contribution in [0.25, 0.3) is 0 Å². The van der Waals surface area contributed by atoms with Crippen LogP contribution in [0.15, 0.2) is 0 Å². The lowest BCUT2D eigenvalue weighted by atomic mass is 10.1. The third-order valence-corrected chi connectivity index (χ3v) is 2.04. The van der Waals surface area contributed by atoms with Gasteiger partial charge in [0, 0.05) is 19.0 Å². The second-order valence-electron chi connectivity index (χ2n) is 3.12. The summed E-state index contributed by atoms with van der Waals surface area (Å²) in [6, 6.07) is 0.307. The maximum atomic E-state index is 10.8. The molecule has 0 radical (unpaired) electrons. The minimum absolute atomic E-state index is 0.243. The van der Waals surface area contributed by atoms with Crippen LogP contribution in [0.3, 0.4) is 0 Å². The summed E-state index contributed by atoms with van der Waals surface area (Å²) in [6.07, 6.45) is 0.622. The van der Waals surface area contributed by atoms with Crippen molar-refractivity contribution in [3.8, 4) is 0 Å². The predicted octanol–water partition coefficient (Wildman–Crippen LogP) is 0.296. The SMILES string of the molecule is CC(=O)CC1COCCN1C. The van der Waals surface area contributed by atoms with Gasteiger partial charge < -0.3 is 4.74 Å². The van der Waals surface area contributed by atoms with Gasteiger partial charge in [-0.3, -0.25) is 9.69 Å². The average Bonchev–Trinajstić information content (AvgIpc) is 1.93. The molecule has 1 fully saturated rings. The number of carbonyl (C=O) groups is 1. The van der Waals surface area contributed by atoms with Crippen LogP contribution in [0.5, 0.6) is 0 Å². The van der Waals surface area contributed by atoms with Gasteiger partial charge in [-0.15, -0.1) is 0 Å². The van der Waals surface area contributed by atoms with E-state index in [1.165, 1.54) is 0 Å². The summed E-state index contributed by atoms with van der Waals surface area (Å²) in [5.74, 6) is 0.243. The van der Waals surface area contributed by atoms with E-state index in [0.29, 0.717) is 19.1 Å². The first-order chi connectivity index (χ1) is 5.20. The molecule has 11 heavy (non-hydrogen) atoms. The summed E-state index contributed by atoms with van der Waals surface area (Å²) in [6.45, 7) is 4.07. The fourth-order valence-electron chi connectivity index (χ4n) is 1.28. The van der Waals surface area contributed by atoms with E-state index in [1.54, 1.807) is 6.92 Å². The Bertz CT molecular complexity index is 147. The lowest BCUT2D eigenvalue weighted by Gasteiger charge is -2.31. The first kappa shape index (κ1) is 8.68. The average molecular weight is 157 g/mol. The molecule has 1 saturated heterocycles. The van der Waals surface area contributed by atoms with Crippen molar-refractivity contribution in [2.45, 2.75) is 19.4 Å². The zero-order chi connectivity index (χ0) is 8.27. The monoisotopic (exact) mass is 157 g/mol. The molecule has 0 aromatic heterocycles. The van der Waals surface area contributed by atoms with Crippen molar-refractivity contribution < 1.29 is 9.53 Å². The van der Waals surface area contributed by atoms with E-state index in [9.17, 15) is 4.79 Å². The molecule has 1 atom stereocenters. The number of hydrogen-bond acceptors (Lipinski definition) is 3. The number of carbonyl (C=O) groups excluding carboxylic acids is 1. The number of Topliss-reactive ketones (excluding diaryl/α,β-unsaturated/α-hetero) is 1. The Kier molecular flexibility index (Phi) is 3.02. The fraction of sp³-hybridized carbons (Fsp3) is 0.875. The third-order valence-electron chi connectivity index (χ3n) is 2.04. The van der Waals surface area contributed by atoms with E-state index in [-0.39, 0.29) is 5.78 Å². The number of likely N-dealkylation sites (N-methyl/N-ethyl adjacent to an activating group) is 1. The summed E-state index contributed by atoms with van der Waals surface area (Å²) in [5.41, 5.74) is 0. The summed E-state index contributed by atoms with van der Waals surface area (Å²) >= 11 is 0. The van der Waals surface area contributed by atoms with Gasteiger partial charge in [0.15, 0.2) is 0 Å². The molecule has 1 rings (SSSR count). The smallest absolute Gasteiger partial charge is 0.131 e. The molecular formula is C8H15NO2. The second-order valence-corrected chi connectivity index (χ2v) is 3.12. The summed E-state index contributed by atoms with van der Waals surface area (Å²) < 4.78 is 5.26. The van der Waals surface area contributed by atoms with Crippen LogP contribution in [0.1, 0.15) is 13.3 Å². The molecule has 0 aliphatic carbocycles. The van der Waals surface area contributed by atoms with Crippen LogP contribution in [0.2, 0.25) is 0 Å². The molecule has 1 aliphatic rings. The van der Waals surface area contributed by atoms with Crippen molar-refractivity contribution in [2.75, 3.05) is 26.8 Å². The van der Waals surface area contributed by atoms with Gasteiger partial charge >= 0.3 is 0 Å². The van der Waals surface area contributed by atoms with Gasteiger partial charge in [-0.1, -0.05) is 0 Å². The normalized spacial score (nSPS) is 26.9. The van der Waals surface area contributed by atoms with E-state index >= 15 is 0 Å². The number of hydrogen-bond donors (Lipinski definition) is 0. The number of ether oxygens (including phenoxy) is 1. The molecular weight excluding hydrogens is 142 g/mol. The summed E-state index contributed by atoms with van der Waals surface area (Å²) in [5, 5.41) is 0. The first-order valence-electron chi connectivity index (χ1n) is 3.97. The highest BCUT2D eigenvalue weighted by Crippen LogP contribution is 2.07. The quantitative estimate of drug-likeness (QED) is 0.577. The molecule has 0 saturated carbocycles. The van der Waals surface area contributed by atoms with E-state index in [2.05, 4.69) is 4.90 Å². The molecule has 0 bridgehead atoms. The highest BCUT2D eigenvalue weighted by atomic mass is 16.5. The molecule has 0 aromatic rings. The number of ketones is 1. The molecule has 1 unspecified atom stereocenters. The van der Waals surface area contributed by atoms with Crippen molar-refractivity contribution >= 4 is 5.78 Å². The van der Waals surface area contributed by atoms with Crippen LogP contribution in [0.4, 0.5) is 0 Å². The van der Waals surface area contributed by atoms with Gasteiger partial charge in [0.05, 0.1) is 13.2 Å². The van der Waals surface area contributed by atoms with E-state index in [1.807, 2.05) is 7.05 Å². The Labute approximate surface area is 67.3 Å². The van der Waals surface area contributed by atoms with Gasteiger partial charge in [-0.2, -0.15) is 0 Å². The topological polar surface area (TPSA) is 29.5 Å². The molecule has 3 nitrogen and oxygen atoms in total. The minimum Gasteiger partial charge on any atom is -0.378 e. The molecule has 64 valence electrons.